The number of benzene rings is 1. The lowest BCUT2D eigenvalue weighted by atomic mass is 9.77. The minimum Gasteiger partial charge on any atom is -0.494 e. The van der Waals surface area contributed by atoms with E-state index in [0.29, 0.717) is 18.2 Å². The molecule has 0 amide bonds. The molecule has 23 heavy (non-hydrogen) atoms. The second-order valence-corrected chi connectivity index (χ2v) is 6.79. The van der Waals surface area contributed by atoms with Crippen LogP contribution in [0.2, 0.25) is 0 Å². The zero-order valence-corrected chi connectivity index (χ0v) is 14.5. The van der Waals surface area contributed by atoms with Gasteiger partial charge in [-0.1, -0.05) is 44.4 Å². The molecule has 0 radical (unpaired) electrons. The molecule has 2 rings (SSSR count). The Kier molecular flexibility index (Phi) is 8.20. The Labute approximate surface area is 140 Å². The van der Waals surface area contributed by atoms with Gasteiger partial charge in [-0.2, -0.15) is 0 Å². The molecule has 0 spiro atoms. The summed E-state index contributed by atoms with van der Waals surface area (Å²) in [6, 6.07) is 8.70. The van der Waals surface area contributed by atoms with Crippen LogP contribution in [0.5, 0.6) is 5.75 Å². The third-order valence-corrected chi connectivity index (χ3v) is 5.02. The summed E-state index contributed by atoms with van der Waals surface area (Å²) in [5, 5.41) is 0. The van der Waals surface area contributed by atoms with Gasteiger partial charge in [-0.15, -0.1) is 0 Å². The van der Waals surface area contributed by atoms with Crippen molar-refractivity contribution in [3.05, 3.63) is 42.2 Å². The summed E-state index contributed by atoms with van der Waals surface area (Å²) in [6.45, 7) is 3.05. The molecule has 0 saturated heterocycles. The fourth-order valence-electron chi connectivity index (χ4n) is 3.53. The van der Waals surface area contributed by atoms with Crippen LogP contribution in [-0.2, 0) is 0 Å². The summed E-state index contributed by atoms with van der Waals surface area (Å²) in [5.74, 6) is 2.33. The minimum absolute atomic E-state index is 0.666. The lowest BCUT2D eigenvalue weighted by molar-refractivity contribution is 0.304. The predicted octanol–water partition coefficient (Wildman–Crippen LogP) is 6.79. The number of unbranched alkanes of at least 4 members (excludes halogenated alkanes) is 3. The molecule has 0 N–H and O–H groups in total. The highest BCUT2D eigenvalue weighted by Gasteiger charge is 2.21. The molecule has 1 aromatic rings. The number of ether oxygens (including phenoxy) is 1. The van der Waals surface area contributed by atoms with Crippen LogP contribution in [0.25, 0.3) is 0 Å². The van der Waals surface area contributed by atoms with E-state index < -0.39 is 0 Å². The Hall–Kier alpha value is -1.31. The first-order chi connectivity index (χ1) is 11.3. The van der Waals surface area contributed by atoms with Crippen molar-refractivity contribution in [2.75, 3.05) is 6.61 Å². The van der Waals surface area contributed by atoms with Crippen molar-refractivity contribution in [2.45, 2.75) is 70.6 Å². The van der Waals surface area contributed by atoms with E-state index in [1.54, 1.807) is 6.08 Å². The van der Waals surface area contributed by atoms with Crippen molar-refractivity contribution in [3.63, 3.8) is 0 Å². The highest BCUT2D eigenvalue weighted by molar-refractivity contribution is 5.29. The van der Waals surface area contributed by atoms with Crippen LogP contribution in [0.1, 0.15) is 76.2 Å². The fraction of sp³-hybridized carbons (Fsp3) is 0.619. The normalized spacial score (nSPS) is 21.7. The van der Waals surface area contributed by atoms with Crippen LogP contribution in [0, 0.1) is 5.92 Å². The van der Waals surface area contributed by atoms with E-state index in [4.69, 9.17) is 4.74 Å². The van der Waals surface area contributed by atoms with Crippen molar-refractivity contribution in [1.29, 1.82) is 0 Å². The van der Waals surface area contributed by atoms with Crippen molar-refractivity contribution >= 4 is 0 Å². The molecule has 1 saturated carbocycles. The van der Waals surface area contributed by atoms with Gasteiger partial charge in [-0.05, 0) is 68.1 Å². The number of allylic oxidation sites excluding steroid dienone is 1. The molecule has 0 bridgehead atoms. The van der Waals surface area contributed by atoms with Gasteiger partial charge in [0.25, 0.3) is 0 Å². The Morgan fingerprint density at radius 1 is 1.04 bits per heavy atom. The van der Waals surface area contributed by atoms with Gasteiger partial charge in [-0.25, -0.2) is 4.39 Å². The van der Waals surface area contributed by atoms with Crippen LogP contribution in [-0.4, -0.2) is 6.61 Å². The number of halogens is 1. The first-order valence-electron chi connectivity index (χ1n) is 9.31. The van der Waals surface area contributed by atoms with Crippen molar-refractivity contribution < 1.29 is 9.13 Å². The molecular formula is C21H31FO. The van der Waals surface area contributed by atoms with Crippen LogP contribution in [0.4, 0.5) is 4.39 Å². The molecule has 1 fully saturated rings. The number of hydrogen-bond acceptors (Lipinski definition) is 1. The predicted molar refractivity (Wildman–Crippen MR) is 95.6 cm³/mol. The molecule has 2 heteroatoms. The summed E-state index contributed by atoms with van der Waals surface area (Å²) >= 11 is 0. The van der Waals surface area contributed by atoms with Gasteiger partial charge in [-0.3, -0.25) is 0 Å². The molecular weight excluding hydrogens is 287 g/mol. The molecule has 1 aliphatic carbocycles. The molecule has 128 valence electrons. The maximum atomic E-state index is 12.1. The van der Waals surface area contributed by atoms with E-state index in [1.807, 2.05) is 0 Å². The lowest BCUT2D eigenvalue weighted by Crippen LogP contribution is -2.12. The van der Waals surface area contributed by atoms with Crippen molar-refractivity contribution in [1.82, 2.24) is 0 Å². The SMILES string of the molecule is CCCCCCOc1ccc(C2CCC(CC=CF)CC2)cc1. The summed E-state index contributed by atoms with van der Waals surface area (Å²) in [7, 11) is 0. The molecule has 0 heterocycles. The van der Waals surface area contributed by atoms with Gasteiger partial charge in [0.05, 0.1) is 12.9 Å². The quantitative estimate of drug-likeness (QED) is 0.455. The number of rotatable bonds is 9. The molecule has 1 aliphatic rings. The van der Waals surface area contributed by atoms with Gasteiger partial charge in [0.15, 0.2) is 0 Å². The van der Waals surface area contributed by atoms with E-state index in [0.717, 1.165) is 25.2 Å². The largest absolute Gasteiger partial charge is 0.494 e. The van der Waals surface area contributed by atoms with E-state index in [9.17, 15) is 4.39 Å². The van der Waals surface area contributed by atoms with E-state index in [1.165, 1.54) is 50.5 Å². The van der Waals surface area contributed by atoms with Gasteiger partial charge in [0.1, 0.15) is 5.75 Å². The standard InChI is InChI=1S/C21H31FO/c1-2-3-4-5-17-23-21-14-12-20(13-15-21)19-10-8-18(9-11-19)7-6-16-22/h6,12-16,18-19H,2-5,7-11,17H2,1H3. The molecule has 1 nitrogen and oxygen atoms in total. The van der Waals surface area contributed by atoms with Gasteiger partial charge >= 0.3 is 0 Å². The third-order valence-electron chi connectivity index (χ3n) is 5.02. The minimum atomic E-state index is 0.666. The Bertz CT molecular complexity index is 443. The van der Waals surface area contributed by atoms with E-state index in [2.05, 4.69) is 31.2 Å². The van der Waals surface area contributed by atoms with Crippen molar-refractivity contribution in [3.8, 4) is 5.75 Å². The van der Waals surface area contributed by atoms with Crippen LogP contribution in [0.3, 0.4) is 0 Å². The molecule has 0 aromatic heterocycles. The van der Waals surface area contributed by atoms with Gasteiger partial charge in [0.2, 0.25) is 0 Å². The first kappa shape index (κ1) is 18.0. The summed E-state index contributed by atoms with van der Waals surface area (Å²) in [5.41, 5.74) is 1.43. The molecule has 1 aromatic carbocycles. The second-order valence-electron chi connectivity index (χ2n) is 6.79. The zero-order chi connectivity index (χ0) is 16.3. The summed E-state index contributed by atoms with van der Waals surface area (Å²) in [6.07, 6.45) is 13.1. The lowest BCUT2D eigenvalue weighted by Gasteiger charge is -2.28. The molecule has 0 aliphatic heterocycles. The smallest absolute Gasteiger partial charge is 0.119 e. The summed E-state index contributed by atoms with van der Waals surface area (Å²) < 4.78 is 17.9. The first-order valence-corrected chi connectivity index (χ1v) is 9.31. The molecule has 0 unspecified atom stereocenters. The van der Waals surface area contributed by atoms with Crippen LogP contribution < -0.4 is 4.74 Å². The summed E-state index contributed by atoms with van der Waals surface area (Å²) in [4.78, 5) is 0. The van der Waals surface area contributed by atoms with Gasteiger partial charge in [0, 0.05) is 0 Å². The maximum Gasteiger partial charge on any atom is 0.119 e. The van der Waals surface area contributed by atoms with E-state index >= 15 is 0 Å². The third kappa shape index (κ3) is 6.37. The number of hydrogen-bond donors (Lipinski definition) is 0. The zero-order valence-electron chi connectivity index (χ0n) is 14.5. The fourth-order valence-corrected chi connectivity index (χ4v) is 3.53. The Balaban J connectivity index is 1.72. The van der Waals surface area contributed by atoms with Crippen molar-refractivity contribution in [2.24, 2.45) is 5.92 Å². The van der Waals surface area contributed by atoms with Gasteiger partial charge < -0.3 is 4.74 Å². The average molecular weight is 318 g/mol. The second kappa shape index (κ2) is 10.5. The maximum absolute atomic E-state index is 12.1. The Morgan fingerprint density at radius 3 is 2.43 bits per heavy atom. The monoisotopic (exact) mass is 318 g/mol. The molecule has 0 atom stereocenters. The van der Waals surface area contributed by atoms with Crippen LogP contribution >= 0.6 is 0 Å². The Morgan fingerprint density at radius 2 is 1.78 bits per heavy atom. The highest BCUT2D eigenvalue weighted by Crippen LogP contribution is 2.37. The highest BCUT2D eigenvalue weighted by atomic mass is 19.1. The van der Waals surface area contributed by atoms with Crippen LogP contribution in [0.15, 0.2) is 36.7 Å². The topological polar surface area (TPSA) is 9.23 Å². The average Bonchev–Trinajstić information content (AvgIpc) is 2.61. The van der Waals surface area contributed by atoms with E-state index in [-0.39, 0.29) is 0 Å².